The van der Waals surface area contributed by atoms with Gasteiger partial charge in [0.15, 0.2) is 12.4 Å². The van der Waals surface area contributed by atoms with Crippen molar-refractivity contribution in [2.24, 2.45) is 0 Å². The number of esters is 2. The molecule has 10 nitrogen and oxygen atoms in total. The molecule has 1 fully saturated rings. The van der Waals surface area contributed by atoms with Crippen molar-refractivity contribution in [3.8, 4) is 0 Å². The van der Waals surface area contributed by atoms with Gasteiger partial charge in [0.25, 0.3) is 0 Å². The minimum absolute atomic E-state index is 0.214. The van der Waals surface area contributed by atoms with E-state index in [1.54, 1.807) is 0 Å². The number of carbonyl (C=O) groups excluding carboxylic acids is 2. The number of hydrogen-bond acceptors (Lipinski definition) is 10. The van der Waals surface area contributed by atoms with Gasteiger partial charge in [-0.2, -0.15) is 0 Å². The third kappa shape index (κ3) is 34.2. The number of carbonyl (C=O) groups is 2. The number of unbranched alkanes of at least 4 members (excludes halogenated alkanes) is 18. The van der Waals surface area contributed by atoms with E-state index < -0.39 is 55.4 Å². The molecule has 6 atom stereocenters. The predicted octanol–water partition coefficient (Wildman–Crippen LogP) is 11.6. The lowest BCUT2D eigenvalue weighted by atomic mass is 9.99. The van der Waals surface area contributed by atoms with Crippen molar-refractivity contribution in [1.29, 1.82) is 0 Å². The van der Waals surface area contributed by atoms with Crippen molar-refractivity contribution in [3.63, 3.8) is 0 Å². The van der Waals surface area contributed by atoms with Gasteiger partial charge in [0, 0.05) is 12.8 Å². The highest BCUT2D eigenvalue weighted by molar-refractivity contribution is 5.70. The maximum absolute atomic E-state index is 12.8. The number of aliphatic hydroxyl groups excluding tert-OH is 4. The van der Waals surface area contributed by atoms with Crippen molar-refractivity contribution in [2.45, 2.75) is 230 Å². The fourth-order valence-electron chi connectivity index (χ4n) is 7.08. The molecule has 0 aromatic heterocycles. The molecule has 63 heavy (non-hydrogen) atoms. The molecule has 0 radical (unpaired) electrons. The fraction of sp³-hybridized carbons (Fsp3) is 0.736. The van der Waals surface area contributed by atoms with Crippen molar-refractivity contribution in [1.82, 2.24) is 0 Å². The first-order valence-corrected chi connectivity index (χ1v) is 25.0. The van der Waals surface area contributed by atoms with Gasteiger partial charge < -0.3 is 39.4 Å². The van der Waals surface area contributed by atoms with E-state index in [1.807, 2.05) is 0 Å². The predicted molar refractivity (Wildman–Crippen MR) is 256 cm³/mol. The zero-order chi connectivity index (χ0) is 45.9. The maximum Gasteiger partial charge on any atom is 0.306 e. The molecule has 0 aliphatic carbocycles. The van der Waals surface area contributed by atoms with Crippen LogP contribution in [0.15, 0.2) is 72.9 Å². The van der Waals surface area contributed by atoms with Crippen molar-refractivity contribution < 1.29 is 49.0 Å². The van der Waals surface area contributed by atoms with Crippen LogP contribution in [0.2, 0.25) is 0 Å². The second-order valence-electron chi connectivity index (χ2n) is 16.9. The Labute approximate surface area is 383 Å². The highest BCUT2D eigenvalue weighted by Crippen LogP contribution is 2.22. The van der Waals surface area contributed by atoms with E-state index in [9.17, 15) is 30.0 Å². The van der Waals surface area contributed by atoms with Crippen LogP contribution < -0.4 is 0 Å². The molecule has 362 valence electrons. The summed E-state index contributed by atoms with van der Waals surface area (Å²) in [5, 5.41) is 40.2. The van der Waals surface area contributed by atoms with E-state index in [2.05, 4.69) is 86.8 Å². The second kappa shape index (κ2) is 43.1. The van der Waals surface area contributed by atoms with E-state index >= 15 is 0 Å². The van der Waals surface area contributed by atoms with E-state index in [0.717, 1.165) is 70.6 Å². The standard InChI is InChI=1S/C53H90O10/c1-3-5-7-9-11-13-15-17-19-21-23-25-27-29-31-33-35-37-39-41-48(55)60-44-46(45-61-53-52(59)51(58)50(57)47(43-54)63-53)62-49(56)42-40-38-36-34-32-30-28-26-24-22-20-18-16-14-12-10-8-6-4-2/h11-14,17-20,23,25,29,31,46-47,50-54,57-59H,3-10,15-16,21-22,24,26-28,30,32-45H2,1-2H3/b13-11+,14-12+,19-17+,20-18+,25-23+,31-29+/t46-,47-,50+,51?,52?,53-/m0/s1. The molecule has 4 N–H and O–H groups in total. The van der Waals surface area contributed by atoms with Gasteiger partial charge >= 0.3 is 11.9 Å². The average molecular weight is 887 g/mol. The normalized spacial score (nSPS) is 20.1. The Kier molecular flexibility index (Phi) is 39.7. The number of hydrogen-bond donors (Lipinski definition) is 4. The van der Waals surface area contributed by atoms with E-state index in [-0.39, 0.29) is 26.1 Å². The van der Waals surface area contributed by atoms with E-state index in [4.69, 9.17) is 18.9 Å². The van der Waals surface area contributed by atoms with E-state index in [1.165, 1.54) is 83.5 Å². The van der Waals surface area contributed by atoms with Crippen LogP contribution in [-0.4, -0.2) is 89.0 Å². The van der Waals surface area contributed by atoms with Crippen molar-refractivity contribution in [3.05, 3.63) is 72.9 Å². The Morgan fingerprint density at radius 2 is 0.889 bits per heavy atom. The molecular formula is C53H90O10. The summed E-state index contributed by atoms with van der Waals surface area (Å²) in [6, 6.07) is 0. The molecule has 10 heteroatoms. The van der Waals surface area contributed by atoms with Crippen molar-refractivity contribution >= 4 is 11.9 Å². The molecule has 1 aliphatic heterocycles. The summed E-state index contributed by atoms with van der Waals surface area (Å²) in [6.07, 6.45) is 47.5. The minimum atomic E-state index is -1.60. The third-order valence-electron chi connectivity index (χ3n) is 11.1. The summed E-state index contributed by atoms with van der Waals surface area (Å²) in [5.74, 6) is -0.850. The molecule has 1 saturated heterocycles. The summed E-state index contributed by atoms with van der Waals surface area (Å²) >= 11 is 0. The summed E-state index contributed by atoms with van der Waals surface area (Å²) < 4.78 is 22.2. The molecule has 0 bridgehead atoms. The maximum atomic E-state index is 12.8. The molecule has 2 unspecified atom stereocenters. The third-order valence-corrected chi connectivity index (χ3v) is 11.1. The van der Waals surface area contributed by atoms with Crippen LogP contribution in [0.25, 0.3) is 0 Å². The van der Waals surface area contributed by atoms with Gasteiger partial charge in [0.1, 0.15) is 31.0 Å². The van der Waals surface area contributed by atoms with Crippen LogP contribution in [0, 0.1) is 0 Å². The quantitative estimate of drug-likeness (QED) is 0.0265. The number of allylic oxidation sites excluding steroid dienone is 12. The van der Waals surface area contributed by atoms with E-state index in [0.29, 0.717) is 12.8 Å². The van der Waals surface area contributed by atoms with Crippen LogP contribution in [-0.2, 0) is 28.5 Å². The minimum Gasteiger partial charge on any atom is -0.462 e. The first-order chi connectivity index (χ1) is 30.8. The second-order valence-corrected chi connectivity index (χ2v) is 16.9. The fourth-order valence-corrected chi connectivity index (χ4v) is 7.08. The van der Waals surface area contributed by atoms with Crippen molar-refractivity contribution in [2.75, 3.05) is 19.8 Å². The molecule has 1 aliphatic rings. The highest BCUT2D eigenvalue weighted by atomic mass is 16.7. The van der Waals surface area contributed by atoms with Gasteiger partial charge in [-0.25, -0.2) is 0 Å². The monoisotopic (exact) mass is 887 g/mol. The number of ether oxygens (including phenoxy) is 4. The summed E-state index contributed by atoms with van der Waals surface area (Å²) in [4.78, 5) is 25.4. The smallest absolute Gasteiger partial charge is 0.306 e. The molecular weight excluding hydrogens is 797 g/mol. The van der Waals surface area contributed by atoms with Crippen LogP contribution in [0.3, 0.4) is 0 Å². The first-order valence-electron chi connectivity index (χ1n) is 25.0. The van der Waals surface area contributed by atoms with Crippen LogP contribution in [0.1, 0.15) is 194 Å². The van der Waals surface area contributed by atoms with Gasteiger partial charge in [0.05, 0.1) is 13.2 Å². The summed E-state index contributed by atoms with van der Waals surface area (Å²) in [5.41, 5.74) is 0. The number of rotatable bonds is 41. The highest BCUT2D eigenvalue weighted by Gasteiger charge is 2.44. The zero-order valence-electron chi connectivity index (χ0n) is 39.6. The van der Waals surface area contributed by atoms with Gasteiger partial charge in [0.2, 0.25) is 0 Å². The summed E-state index contributed by atoms with van der Waals surface area (Å²) in [7, 11) is 0. The van der Waals surface area contributed by atoms with Gasteiger partial charge in [-0.1, -0.05) is 164 Å². The van der Waals surface area contributed by atoms with Crippen LogP contribution >= 0.6 is 0 Å². The Morgan fingerprint density at radius 3 is 1.35 bits per heavy atom. The molecule has 0 aromatic rings. The lowest BCUT2D eigenvalue weighted by Gasteiger charge is -2.39. The molecule has 1 heterocycles. The van der Waals surface area contributed by atoms with Crippen LogP contribution in [0.4, 0.5) is 0 Å². The SMILES string of the molecule is CCCCC/C=C/C/C=C/C/C=C/C/C=C/CCCCCC(=O)OC[C@@H](CO[C@H]1O[C@@H](CO)[C@@H](O)C(O)C1O)OC(=O)CCCCCCCCCCC/C=C/C/C=C/CCCCC. The van der Waals surface area contributed by atoms with Gasteiger partial charge in [-0.05, 0) is 89.9 Å². The Morgan fingerprint density at radius 1 is 0.492 bits per heavy atom. The Balaban J connectivity index is 2.32. The molecule has 0 spiro atoms. The van der Waals surface area contributed by atoms with Crippen LogP contribution in [0.5, 0.6) is 0 Å². The average Bonchev–Trinajstić information content (AvgIpc) is 3.28. The Bertz CT molecular complexity index is 1250. The molecule has 0 amide bonds. The lowest BCUT2D eigenvalue weighted by Crippen LogP contribution is -2.59. The molecule has 0 saturated carbocycles. The molecule has 1 rings (SSSR count). The first kappa shape index (κ1) is 58.2. The summed E-state index contributed by atoms with van der Waals surface area (Å²) in [6.45, 7) is 3.34. The Hall–Kier alpha value is -2.86. The van der Waals surface area contributed by atoms with Gasteiger partial charge in [-0.3, -0.25) is 9.59 Å². The molecule has 0 aromatic carbocycles. The lowest BCUT2D eigenvalue weighted by molar-refractivity contribution is -0.305. The zero-order valence-corrected chi connectivity index (χ0v) is 39.6. The largest absolute Gasteiger partial charge is 0.462 e. The number of aliphatic hydroxyl groups is 4. The topological polar surface area (TPSA) is 152 Å². The van der Waals surface area contributed by atoms with Gasteiger partial charge in [-0.15, -0.1) is 0 Å².